The van der Waals surface area contributed by atoms with Crippen LogP contribution in [0.3, 0.4) is 0 Å². The van der Waals surface area contributed by atoms with Gasteiger partial charge < -0.3 is 22.8 Å². The lowest BCUT2D eigenvalue weighted by Crippen LogP contribution is -3.00. The van der Waals surface area contributed by atoms with Crippen molar-refractivity contribution >= 4 is 5.97 Å². The molecule has 1 aliphatic rings. The number of benzene rings is 1. The molecule has 1 unspecified atom stereocenters. The molecule has 0 fully saturated rings. The second-order valence-electron chi connectivity index (χ2n) is 3.36. The Morgan fingerprint density at radius 1 is 1.36 bits per heavy atom. The van der Waals surface area contributed by atoms with Gasteiger partial charge in [0.1, 0.15) is 6.54 Å². The topological polar surface area (TPSA) is 53.9 Å². The number of carboxylic acid groups (broad SMARTS) is 1. The fourth-order valence-corrected chi connectivity index (χ4v) is 1.73. The van der Waals surface area contributed by atoms with Crippen LogP contribution in [0.1, 0.15) is 11.1 Å². The molecule has 0 saturated carbocycles. The highest BCUT2D eigenvalue weighted by Gasteiger charge is 2.26. The van der Waals surface area contributed by atoms with E-state index in [2.05, 4.69) is 6.07 Å². The van der Waals surface area contributed by atoms with Gasteiger partial charge in [0.15, 0.2) is 6.04 Å². The minimum atomic E-state index is -0.713. The zero-order valence-corrected chi connectivity index (χ0v) is 8.37. The van der Waals surface area contributed by atoms with Crippen LogP contribution in [0.15, 0.2) is 24.3 Å². The molecule has 2 rings (SSSR count). The van der Waals surface area contributed by atoms with Crippen LogP contribution in [-0.2, 0) is 17.8 Å². The van der Waals surface area contributed by atoms with E-state index < -0.39 is 5.97 Å². The second-order valence-corrected chi connectivity index (χ2v) is 3.36. The Hall–Kier alpha value is -1.06. The SMILES string of the molecule is O=C(O)C1Cc2ccccc2C[NH2+]1.[Cl-]. The van der Waals surface area contributed by atoms with Crippen molar-refractivity contribution in [3.8, 4) is 0 Å². The number of fused-ring (bicyclic) bond motifs is 1. The van der Waals surface area contributed by atoms with Gasteiger partial charge in [-0.25, -0.2) is 4.79 Å². The van der Waals surface area contributed by atoms with Crippen molar-refractivity contribution in [2.75, 3.05) is 0 Å². The molecule has 1 aromatic rings. The number of nitrogens with two attached hydrogens (primary N) is 1. The summed E-state index contributed by atoms with van der Waals surface area (Å²) in [5, 5.41) is 10.7. The molecule has 0 radical (unpaired) electrons. The van der Waals surface area contributed by atoms with E-state index in [0.29, 0.717) is 6.42 Å². The van der Waals surface area contributed by atoms with Crippen molar-refractivity contribution in [2.45, 2.75) is 19.0 Å². The van der Waals surface area contributed by atoms with Crippen LogP contribution in [0.25, 0.3) is 0 Å². The van der Waals surface area contributed by atoms with Gasteiger partial charge in [0.2, 0.25) is 0 Å². The number of halogens is 1. The number of carboxylic acids is 1. The molecule has 76 valence electrons. The van der Waals surface area contributed by atoms with Crippen LogP contribution in [0, 0.1) is 0 Å². The number of rotatable bonds is 1. The third-order valence-corrected chi connectivity index (χ3v) is 2.50. The molecule has 1 heterocycles. The average Bonchev–Trinajstić information content (AvgIpc) is 2.17. The van der Waals surface area contributed by atoms with Crippen molar-refractivity contribution in [1.82, 2.24) is 0 Å². The number of carbonyl (C=O) groups is 1. The summed E-state index contributed by atoms with van der Waals surface area (Å²) in [5.41, 5.74) is 2.44. The Bertz CT molecular complexity index is 341. The molecule has 1 atom stereocenters. The Balaban J connectivity index is 0.000000980. The third-order valence-electron chi connectivity index (χ3n) is 2.50. The smallest absolute Gasteiger partial charge is 0.362 e. The van der Waals surface area contributed by atoms with Gasteiger partial charge in [-0.1, -0.05) is 24.3 Å². The maximum absolute atomic E-state index is 10.7. The molecule has 0 aromatic heterocycles. The maximum Gasteiger partial charge on any atom is 0.362 e. The van der Waals surface area contributed by atoms with Crippen molar-refractivity contribution in [2.24, 2.45) is 0 Å². The van der Waals surface area contributed by atoms with Crippen molar-refractivity contribution in [3.05, 3.63) is 35.4 Å². The molecule has 0 bridgehead atoms. The molecule has 14 heavy (non-hydrogen) atoms. The number of quaternary nitrogens is 1. The van der Waals surface area contributed by atoms with E-state index in [1.807, 2.05) is 23.5 Å². The molecule has 4 heteroatoms. The van der Waals surface area contributed by atoms with Crippen LogP contribution in [0.2, 0.25) is 0 Å². The second kappa shape index (κ2) is 4.44. The quantitative estimate of drug-likeness (QED) is 0.516. The zero-order valence-electron chi connectivity index (χ0n) is 7.61. The largest absolute Gasteiger partial charge is 1.00 e. The van der Waals surface area contributed by atoms with Crippen molar-refractivity contribution < 1.29 is 27.6 Å². The molecule has 0 saturated heterocycles. The van der Waals surface area contributed by atoms with Gasteiger partial charge >= 0.3 is 5.97 Å². The monoisotopic (exact) mass is 213 g/mol. The molecular weight excluding hydrogens is 202 g/mol. The van der Waals surface area contributed by atoms with Crippen LogP contribution >= 0.6 is 0 Å². The van der Waals surface area contributed by atoms with E-state index in [1.165, 1.54) is 11.1 Å². The normalized spacial score (nSPS) is 19.3. The number of hydrogen-bond acceptors (Lipinski definition) is 1. The van der Waals surface area contributed by atoms with Crippen LogP contribution < -0.4 is 17.7 Å². The Morgan fingerprint density at radius 2 is 2.00 bits per heavy atom. The standard InChI is InChI=1S/C10H11NO2.ClH/c12-10(13)9-5-7-3-1-2-4-8(7)6-11-9;/h1-4,9,11H,5-6H2,(H,12,13);1H. The molecule has 0 aliphatic carbocycles. The summed E-state index contributed by atoms with van der Waals surface area (Å²) in [6.07, 6.45) is 0.644. The summed E-state index contributed by atoms with van der Waals surface area (Å²) < 4.78 is 0. The lowest BCUT2D eigenvalue weighted by Gasteiger charge is -2.19. The van der Waals surface area contributed by atoms with Crippen LogP contribution in [0.4, 0.5) is 0 Å². The molecule has 0 spiro atoms. The first-order chi connectivity index (χ1) is 6.27. The molecule has 3 N–H and O–H groups in total. The van der Waals surface area contributed by atoms with E-state index in [-0.39, 0.29) is 18.4 Å². The third kappa shape index (κ3) is 2.05. The summed E-state index contributed by atoms with van der Waals surface area (Å²) in [7, 11) is 0. The van der Waals surface area contributed by atoms with Gasteiger partial charge in [0.05, 0.1) is 0 Å². The molecular formula is C10H12ClNO2. The van der Waals surface area contributed by atoms with Gasteiger partial charge in [-0.15, -0.1) is 0 Å². The lowest BCUT2D eigenvalue weighted by atomic mass is 9.96. The minimum absolute atomic E-state index is 0. The first kappa shape index (κ1) is 11.0. The Morgan fingerprint density at radius 3 is 2.64 bits per heavy atom. The average molecular weight is 214 g/mol. The highest BCUT2D eigenvalue weighted by molar-refractivity contribution is 5.72. The predicted octanol–water partition coefficient (Wildman–Crippen LogP) is -3.24. The Labute approximate surface area is 88.5 Å². The van der Waals surface area contributed by atoms with Crippen molar-refractivity contribution in [3.63, 3.8) is 0 Å². The zero-order chi connectivity index (χ0) is 9.26. The number of hydrogen-bond donors (Lipinski definition) is 2. The first-order valence-corrected chi connectivity index (χ1v) is 4.40. The van der Waals surface area contributed by atoms with E-state index in [0.717, 1.165) is 6.54 Å². The molecule has 1 aliphatic heterocycles. The van der Waals surface area contributed by atoms with E-state index in [4.69, 9.17) is 5.11 Å². The summed E-state index contributed by atoms with van der Waals surface area (Å²) in [4.78, 5) is 10.7. The highest BCUT2D eigenvalue weighted by atomic mass is 35.5. The molecule has 3 nitrogen and oxygen atoms in total. The van der Waals surface area contributed by atoms with Gasteiger partial charge in [-0.05, 0) is 5.56 Å². The Kier molecular flexibility index (Phi) is 3.49. The fourth-order valence-electron chi connectivity index (χ4n) is 1.73. The van der Waals surface area contributed by atoms with Gasteiger partial charge in [-0.3, -0.25) is 0 Å². The fraction of sp³-hybridized carbons (Fsp3) is 0.300. The maximum atomic E-state index is 10.7. The highest BCUT2D eigenvalue weighted by Crippen LogP contribution is 2.12. The summed E-state index contributed by atoms with van der Waals surface area (Å²) in [6, 6.07) is 7.73. The van der Waals surface area contributed by atoms with Crippen LogP contribution in [0.5, 0.6) is 0 Å². The summed E-state index contributed by atoms with van der Waals surface area (Å²) in [6.45, 7) is 0.785. The van der Waals surface area contributed by atoms with E-state index >= 15 is 0 Å². The first-order valence-electron chi connectivity index (χ1n) is 4.40. The molecule has 0 amide bonds. The van der Waals surface area contributed by atoms with Gasteiger partial charge in [0, 0.05) is 12.0 Å². The predicted molar refractivity (Wildman–Crippen MR) is 47.2 cm³/mol. The van der Waals surface area contributed by atoms with Crippen molar-refractivity contribution in [1.29, 1.82) is 0 Å². The summed E-state index contributed by atoms with van der Waals surface area (Å²) in [5.74, 6) is -0.713. The number of aliphatic carboxylic acids is 1. The molecule has 1 aromatic carbocycles. The van der Waals surface area contributed by atoms with Gasteiger partial charge in [0.25, 0.3) is 0 Å². The van der Waals surface area contributed by atoms with E-state index in [9.17, 15) is 4.79 Å². The minimum Gasteiger partial charge on any atom is -1.00 e. The van der Waals surface area contributed by atoms with Crippen LogP contribution in [-0.4, -0.2) is 17.1 Å². The lowest BCUT2D eigenvalue weighted by molar-refractivity contribution is -0.696. The van der Waals surface area contributed by atoms with Gasteiger partial charge in [-0.2, -0.15) is 0 Å². The summed E-state index contributed by atoms with van der Waals surface area (Å²) >= 11 is 0. The van der Waals surface area contributed by atoms with E-state index in [1.54, 1.807) is 0 Å².